The monoisotopic (exact) mass is 342 g/mol. The minimum atomic E-state index is -0.427. The number of aromatic hydroxyl groups is 1. The van der Waals surface area contributed by atoms with Crippen molar-refractivity contribution in [3.05, 3.63) is 58.5 Å². The van der Waals surface area contributed by atoms with Crippen molar-refractivity contribution in [1.82, 2.24) is 9.99 Å². The third-order valence-electron chi connectivity index (χ3n) is 3.75. The van der Waals surface area contributed by atoms with E-state index in [9.17, 15) is 14.7 Å². The first kappa shape index (κ1) is 18.3. The number of phenolic OH excluding ortho intramolecular Hbond substituents is 1. The van der Waals surface area contributed by atoms with E-state index in [2.05, 4.69) is 15.4 Å². The number of anilines is 1. The van der Waals surface area contributed by atoms with Gasteiger partial charge in [-0.1, -0.05) is 6.07 Å². The molecule has 7 nitrogen and oxygen atoms in total. The van der Waals surface area contributed by atoms with Gasteiger partial charge in [-0.2, -0.15) is 5.10 Å². The molecular weight excluding hydrogens is 320 g/mol. The van der Waals surface area contributed by atoms with Crippen LogP contribution in [0, 0.1) is 0 Å². The molecule has 0 unspecified atom stereocenters. The lowest BCUT2D eigenvalue weighted by Crippen LogP contribution is -2.29. The summed E-state index contributed by atoms with van der Waals surface area (Å²) >= 11 is 0. The molecule has 0 spiro atoms. The number of hydrogen-bond donors (Lipinski definition) is 2. The van der Waals surface area contributed by atoms with Gasteiger partial charge < -0.3 is 14.6 Å². The van der Waals surface area contributed by atoms with Crippen LogP contribution in [0.5, 0.6) is 5.75 Å². The van der Waals surface area contributed by atoms with E-state index in [0.29, 0.717) is 5.56 Å². The quantitative estimate of drug-likeness (QED) is 0.590. The number of aromatic nitrogens is 1. The average Bonchev–Trinajstić information content (AvgIpc) is 2.60. The number of nitrogens with one attached hydrogen (secondary N) is 1. The van der Waals surface area contributed by atoms with Gasteiger partial charge in [-0.15, -0.1) is 0 Å². The van der Waals surface area contributed by atoms with Crippen molar-refractivity contribution in [1.29, 1.82) is 0 Å². The normalized spacial score (nSPS) is 10.8. The highest BCUT2D eigenvalue weighted by Gasteiger charge is 2.06. The highest BCUT2D eigenvalue weighted by molar-refractivity contribution is 5.86. The predicted octanol–water partition coefficient (Wildman–Crippen LogP) is 1.55. The van der Waals surface area contributed by atoms with E-state index >= 15 is 0 Å². The number of nitrogens with zero attached hydrogens (tertiary/aromatic N) is 3. The summed E-state index contributed by atoms with van der Waals surface area (Å²) in [6.07, 6.45) is 2.90. The SMILES string of the molecule is CCN(CC)c1ccc(/C=N/NC(=O)Cn2ccccc2=O)c(O)c1. The summed E-state index contributed by atoms with van der Waals surface area (Å²) in [6, 6.07) is 9.96. The van der Waals surface area contributed by atoms with E-state index in [1.165, 1.54) is 23.0 Å². The highest BCUT2D eigenvalue weighted by Crippen LogP contribution is 2.23. The van der Waals surface area contributed by atoms with E-state index in [-0.39, 0.29) is 17.9 Å². The summed E-state index contributed by atoms with van der Waals surface area (Å²) in [7, 11) is 0. The summed E-state index contributed by atoms with van der Waals surface area (Å²) in [6.45, 7) is 5.66. The maximum absolute atomic E-state index is 11.8. The van der Waals surface area contributed by atoms with Crippen LogP contribution in [-0.4, -0.2) is 34.9 Å². The molecular formula is C18H22N4O3. The molecule has 1 heterocycles. The first-order valence-corrected chi connectivity index (χ1v) is 8.10. The standard InChI is InChI=1S/C18H22N4O3/c1-3-21(4-2)15-9-8-14(16(23)11-15)12-19-20-17(24)13-22-10-6-5-7-18(22)25/h5-12,23H,3-4,13H2,1-2H3,(H,20,24)/b19-12+. The van der Waals surface area contributed by atoms with Crippen molar-refractivity contribution in [2.24, 2.45) is 5.10 Å². The fraction of sp³-hybridized carbons (Fsp3) is 0.278. The van der Waals surface area contributed by atoms with Gasteiger partial charge in [0.05, 0.1) is 6.21 Å². The van der Waals surface area contributed by atoms with E-state index < -0.39 is 5.91 Å². The van der Waals surface area contributed by atoms with Crippen molar-refractivity contribution in [3.63, 3.8) is 0 Å². The Morgan fingerprint density at radius 2 is 2.04 bits per heavy atom. The van der Waals surface area contributed by atoms with Gasteiger partial charge in [0, 0.05) is 42.7 Å². The van der Waals surface area contributed by atoms with Crippen LogP contribution in [0.15, 0.2) is 52.5 Å². The Morgan fingerprint density at radius 3 is 2.68 bits per heavy atom. The molecule has 0 aliphatic carbocycles. The summed E-state index contributed by atoms with van der Waals surface area (Å²) in [5, 5.41) is 13.9. The number of hydrogen-bond acceptors (Lipinski definition) is 5. The summed E-state index contributed by atoms with van der Waals surface area (Å²) in [4.78, 5) is 25.5. The number of pyridine rings is 1. The zero-order chi connectivity index (χ0) is 18.2. The summed E-state index contributed by atoms with van der Waals surface area (Å²) in [5.74, 6) is -0.342. The lowest BCUT2D eigenvalue weighted by Gasteiger charge is -2.21. The number of hydrazone groups is 1. The molecule has 0 bridgehead atoms. The van der Waals surface area contributed by atoms with E-state index in [4.69, 9.17) is 0 Å². The molecule has 0 aliphatic heterocycles. The Morgan fingerprint density at radius 1 is 1.28 bits per heavy atom. The molecule has 25 heavy (non-hydrogen) atoms. The maximum atomic E-state index is 11.8. The average molecular weight is 342 g/mol. The van der Waals surface area contributed by atoms with E-state index in [0.717, 1.165) is 18.8 Å². The molecule has 0 saturated heterocycles. The number of amides is 1. The van der Waals surface area contributed by atoms with Crippen LogP contribution in [0.4, 0.5) is 5.69 Å². The van der Waals surface area contributed by atoms with Crippen LogP contribution in [0.25, 0.3) is 0 Å². The van der Waals surface area contributed by atoms with Gasteiger partial charge in [-0.3, -0.25) is 9.59 Å². The Kier molecular flexibility index (Phi) is 6.33. The smallest absolute Gasteiger partial charge is 0.260 e. The Balaban J connectivity index is 1.99. The Bertz CT molecular complexity index is 810. The van der Waals surface area contributed by atoms with Gasteiger partial charge in [0.25, 0.3) is 11.5 Å². The molecule has 0 fully saturated rings. The molecule has 0 saturated carbocycles. The molecule has 1 aromatic heterocycles. The maximum Gasteiger partial charge on any atom is 0.260 e. The van der Waals surface area contributed by atoms with Crippen molar-refractivity contribution in [3.8, 4) is 5.75 Å². The lowest BCUT2D eigenvalue weighted by molar-refractivity contribution is -0.121. The number of phenols is 1. The molecule has 7 heteroatoms. The van der Waals surface area contributed by atoms with Gasteiger partial charge in [0.15, 0.2) is 0 Å². The highest BCUT2D eigenvalue weighted by atomic mass is 16.3. The molecule has 1 amide bonds. The van der Waals surface area contributed by atoms with Crippen LogP contribution >= 0.6 is 0 Å². The van der Waals surface area contributed by atoms with E-state index in [1.807, 2.05) is 19.9 Å². The predicted molar refractivity (Wildman–Crippen MR) is 98.1 cm³/mol. The number of benzene rings is 1. The fourth-order valence-corrected chi connectivity index (χ4v) is 2.38. The molecule has 0 radical (unpaired) electrons. The summed E-state index contributed by atoms with van der Waals surface area (Å²) in [5.41, 5.74) is 3.50. The molecule has 2 N–H and O–H groups in total. The van der Waals surface area contributed by atoms with Crippen LogP contribution in [0.1, 0.15) is 19.4 Å². The van der Waals surface area contributed by atoms with Crippen LogP contribution in [-0.2, 0) is 11.3 Å². The molecule has 1 aromatic carbocycles. The Labute approximate surface area is 146 Å². The van der Waals surface area contributed by atoms with Gasteiger partial charge in [0.2, 0.25) is 0 Å². The van der Waals surface area contributed by atoms with Gasteiger partial charge in [0.1, 0.15) is 12.3 Å². The van der Waals surface area contributed by atoms with Crippen molar-refractivity contribution >= 4 is 17.8 Å². The number of carbonyl (C=O) groups is 1. The molecule has 0 atom stereocenters. The van der Waals surface area contributed by atoms with Crippen LogP contribution in [0.3, 0.4) is 0 Å². The number of carbonyl (C=O) groups excluding carboxylic acids is 1. The second kappa shape index (κ2) is 8.68. The number of rotatable bonds is 7. The van der Waals surface area contributed by atoms with Gasteiger partial charge >= 0.3 is 0 Å². The second-order valence-electron chi connectivity index (χ2n) is 5.38. The minimum absolute atomic E-state index is 0.0849. The molecule has 2 rings (SSSR count). The van der Waals surface area contributed by atoms with Crippen molar-refractivity contribution in [2.75, 3.05) is 18.0 Å². The first-order valence-electron chi connectivity index (χ1n) is 8.10. The van der Waals surface area contributed by atoms with Gasteiger partial charge in [-0.25, -0.2) is 5.43 Å². The largest absolute Gasteiger partial charge is 0.507 e. The minimum Gasteiger partial charge on any atom is -0.507 e. The Hall–Kier alpha value is -3.09. The van der Waals surface area contributed by atoms with E-state index in [1.54, 1.807) is 24.3 Å². The zero-order valence-electron chi connectivity index (χ0n) is 14.3. The summed E-state index contributed by atoms with van der Waals surface area (Å²) < 4.78 is 1.28. The third kappa shape index (κ3) is 4.94. The third-order valence-corrected chi connectivity index (χ3v) is 3.75. The van der Waals surface area contributed by atoms with Crippen molar-refractivity contribution < 1.29 is 9.90 Å². The second-order valence-corrected chi connectivity index (χ2v) is 5.38. The first-order chi connectivity index (χ1) is 12.0. The van der Waals surface area contributed by atoms with Crippen LogP contribution < -0.4 is 15.9 Å². The lowest BCUT2D eigenvalue weighted by atomic mass is 10.2. The van der Waals surface area contributed by atoms with Gasteiger partial charge in [-0.05, 0) is 32.0 Å². The van der Waals surface area contributed by atoms with Crippen molar-refractivity contribution in [2.45, 2.75) is 20.4 Å². The topological polar surface area (TPSA) is 86.9 Å². The van der Waals surface area contributed by atoms with Crippen LogP contribution in [0.2, 0.25) is 0 Å². The molecule has 132 valence electrons. The zero-order valence-corrected chi connectivity index (χ0v) is 14.3. The molecule has 0 aliphatic rings. The fourth-order valence-electron chi connectivity index (χ4n) is 2.38. The molecule has 2 aromatic rings.